The lowest BCUT2D eigenvalue weighted by Gasteiger charge is -2.09. The molecule has 0 heterocycles. The fourth-order valence-electron chi connectivity index (χ4n) is 1.60. The first kappa shape index (κ1) is 12.0. The molecule has 0 aromatic heterocycles. The number of aryl methyl sites for hydroxylation is 1. The van der Waals surface area contributed by atoms with Crippen LogP contribution in [0.4, 0.5) is 0 Å². The lowest BCUT2D eigenvalue weighted by atomic mass is 10.2. The molecule has 0 spiro atoms. The van der Waals surface area contributed by atoms with Crippen molar-refractivity contribution in [3.05, 3.63) is 53.6 Å². The number of ether oxygens (including phenoxy) is 1. The van der Waals surface area contributed by atoms with Crippen molar-refractivity contribution in [1.82, 2.24) is 0 Å². The molecule has 4 nitrogen and oxygen atoms in total. The second-order valence-corrected chi connectivity index (χ2v) is 3.87. The maximum atomic E-state index is 11.8. The Kier molecular flexibility index (Phi) is 3.19. The van der Waals surface area contributed by atoms with E-state index in [1.54, 1.807) is 37.3 Å². The molecule has 0 fully saturated rings. The molecule has 2 N–H and O–H groups in total. The molecular weight excluding hydrogens is 232 g/mol. The number of carbonyl (C=O) groups excluding carboxylic acids is 1. The van der Waals surface area contributed by atoms with E-state index in [9.17, 15) is 15.0 Å². The van der Waals surface area contributed by atoms with Crippen LogP contribution in [0.2, 0.25) is 0 Å². The lowest BCUT2D eigenvalue weighted by molar-refractivity contribution is 0.0728. The molecule has 0 aliphatic carbocycles. The first-order valence-electron chi connectivity index (χ1n) is 5.37. The van der Waals surface area contributed by atoms with Crippen molar-refractivity contribution in [1.29, 1.82) is 0 Å². The van der Waals surface area contributed by atoms with E-state index >= 15 is 0 Å². The number of phenols is 2. The number of benzene rings is 2. The predicted molar refractivity (Wildman–Crippen MR) is 65.9 cm³/mol. The number of esters is 1. The second kappa shape index (κ2) is 4.79. The summed E-state index contributed by atoms with van der Waals surface area (Å²) in [5, 5.41) is 18.9. The summed E-state index contributed by atoms with van der Waals surface area (Å²) >= 11 is 0. The Morgan fingerprint density at radius 3 is 2.39 bits per heavy atom. The third kappa shape index (κ3) is 2.43. The molecule has 0 aliphatic heterocycles. The van der Waals surface area contributed by atoms with Gasteiger partial charge in [0.1, 0.15) is 5.75 Å². The fourth-order valence-corrected chi connectivity index (χ4v) is 1.60. The Balaban J connectivity index is 2.28. The highest BCUT2D eigenvalue weighted by Crippen LogP contribution is 2.34. The monoisotopic (exact) mass is 244 g/mol. The van der Waals surface area contributed by atoms with Crippen LogP contribution in [0, 0.1) is 6.92 Å². The summed E-state index contributed by atoms with van der Waals surface area (Å²) in [4.78, 5) is 11.8. The van der Waals surface area contributed by atoms with Crippen molar-refractivity contribution in [2.24, 2.45) is 0 Å². The zero-order valence-electron chi connectivity index (χ0n) is 9.75. The van der Waals surface area contributed by atoms with Gasteiger partial charge < -0.3 is 14.9 Å². The summed E-state index contributed by atoms with van der Waals surface area (Å²) < 4.78 is 5.12. The van der Waals surface area contributed by atoms with Crippen LogP contribution in [0.1, 0.15) is 15.9 Å². The molecule has 0 aliphatic rings. The van der Waals surface area contributed by atoms with Gasteiger partial charge in [0, 0.05) is 6.07 Å². The van der Waals surface area contributed by atoms with E-state index in [4.69, 9.17) is 4.74 Å². The topological polar surface area (TPSA) is 66.8 Å². The average molecular weight is 244 g/mol. The maximum absolute atomic E-state index is 11.8. The highest BCUT2D eigenvalue weighted by molar-refractivity contribution is 5.91. The van der Waals surface area contributed by atoms with Gasteiger partial charge in [0.2, 0.25) is 0 Å². The molecule has 4 heteroatoms. The smallest absolute Gasteiger partial charge is 0.343 e. The normalized spacial score (nSPS) is 10.1. The Labute approximate surface area is 104 Å². The quantitative estimate of drug-likeness (QED) is 0.629. The van der Waals surface area contributed by atoms with Crippen LogP contribution in [-0.4, -0.2) is 16.2 Å². The maximum Gasteiger partial charge on any atom is 0.343 e. The van der Waals surface area contributed by atoms with Crippen LogP contribution in [0.25, 0.3) is 0 Å². The zero-order chi connectivity index (χ0) is 13.1. The van der Waals surface area contributed by atoms with Crippen LogP contribution in [0.15, 0.2) is 42.5 Å². The van der Waals surface area contributed by atoms with Crippen molar-refractivity contribution in [3.8, 4) is 17.2 Å². The van der Waals surface area contributed by atoms with Gasteiger partial charge in [-0.2, -0.15) is 0 Å². The first-order valence-corrected chi connectivity index (χ1v) is 5.37. The van der Waals surface area contributed by atoms with Crippen molar-refractivity contribution < 1.29 is 19.7 Å². The molecule has 0 unspecified atom stereocenters. The van der Waals surface area contributed by atoms with E-state index in [-0.39, 0.29) is 17.2 Å². The Morgan fingerprint density at radius 1 is 1.11 bits per heavy atom. The number of aromatic hydroxyl groups is 2. The molecule has 0 amide bonds. The van der Waals surface area contributed by atoms with E-state index < -0.39 is 5.97 Å². The van der Waals surface area contributed by atoms with Gasteiger partial charge in [-0.25, -0.2) is 4.79 Å². The molecule has 92 valence electrons. The van der Waals surface area contributed by atoms with Crippen LogP contribution < -0.4 is 4.74 Å². The molecule has 0 saturated carbocycles. The molecule has 0 saturated heterocycles. The van der Waals surface area contributed by atoms with Crippen LogP contribution in [0.3, 0.4) is 0 Å². The summed E-state index contributed by atoms with van der Waals surface area (Å²) in [6.45, 7) is 1.63. The molecule has 2 rings (SSSR count). The lowest BCUT2D eigenvalue weighted by Crippen LogP contribution is -2.09. The van der Waals surface area contributed by atoms with Crippen molar-refractivity contribution in [3.63, 3.8) is 0 Å². The van der Waals surface area contributed by atoms with Gasteiger partial charge in [0.25, 0.3) is 0 Å². The molecule has 2 aromatic carbocycles. The van der Waals surface area contributed by atoms with Crippen molar-refractivity contribution in [2.45, 2.75) is 6.92 Å². The molecule has 0 radical (unpaired) electrons. The Bertz CT molecular complexity index is 553. The van der Waals surface area contributed by atoms with E-state index in [1.807, 2.05) is 0 Å². The molecule has 2 aromatic rings. The van der Waals surface area contributed by atoms with E-state index in [0.717, 1.165) is 6.07 Å². The SMILES string of the molecule is Cc1cc(O)cc(O)c1OC(=O)c1ccccc1. The summed E-state index contributed by atoms with van der Waals surface area (Å²) in [6.07, 6.45) is 0. The van der Waals surface area contributed by atoms with Crippen molar-refractivity contribution >= 4 is 5.97 Å². The molecule has 0 atom stereocenters. The molecule has 18 heavy (non-hydrogen) atoms. The second-order valence-electron chi connectivity index (χ2n) is 3.87. The summed E-state index contributed by atoms with van der Waals surface area (Å²) in [7, 11) is 0. The third-order valence-corrected chi connectivity index (χ3v) is 2.44. The Hall–Kier alpha value is -2.49. The van der Waals surface area contributed by atoms with Crippen LogP contribution in [-0.2, 0) is 0 Å². The molecular formula is C14H12O4. The van der Waals surface area contributed by atoms with Crippen molar-refractivity contribution in [2.75, 3.05) is 0 Å². The fraction of sp³-hybridized carbons (Fsp3) is 0.0714. The van der Waals surface area contributed by atoms with Crippen LogP contribution >= 0.6 is 0 Å². The minimum Gasteiger partial charge on any atom is -0.508 e. The highest BCUT2D eigenvalue weighted by atomic mass is 16.5. The standard InChI is InChI=1S/C14H12O4/c1-9-7-11(15)8-12(16)13(9)18-14(17)10-5-3-2-4-6-10/h2-8,15-16H,1H3. The minimum atomic E-state index is -0.556. The number of rotatable bonds is 2. The predicted octanol–water partition coefficient (Wildman–Crippen LogP) is 2.63. The number of phenolic OH excluding ortho intramolecular Hbond substituents is 2. The van der Waals surface area contributed by atoms with Crippen LogP contribution in [0.5, 0.6) is 17.2 Å². The Morgan fingerprint density at radius 2 is 1.78 bits per heavy atom. The van der Waals surface area contributed by atoms with E-state index in [2.05, 4.69) is 0 Å². The minimum absolute atomic E-state index is 0.0571. The van der Waals surface area contributed by atoms with E-state index in [0.29, 0.717) is 11.1 Å². The highest BCUT2D eigenvalue weighted by Gasteiger charge is 2.14. The van der Waals surface area contributed by atoms with Gasteiger partial charge in [-0.05, 0) is 30.7 Å². The summed E-state index contributed by atoms with van der Waals surface area (Å²) in [5.74, 6) is -0.845. The van der Waals surface area contributed by atoms with Gasteiger partial charge in [-0.15, -0.1) is 0 Å². The van der Waals surface area contributed by atoms with Gasteiger partial charge in [0.15, 0.2) is 11.5 Å². The number of hydrogen-bond acceptors (Lipinski definition) is 4. The summed E-state index contributed by atoms with van der Waals surface area (Å²) in [5.41, 5.74) is 0.876. The van der Waals surface area contributed by atoms with Gasteiger partial charge >= 0.3 is 5.97 Å². The largest absolute Gasteiger partial charge is 0.508 e. The van der Waals surface area contributed by atoms with Gasteiger partial charge in [-0.3, -0.25) is 0 Å². The average Bonchev–Trinajstić information content (AvgIpc) is 2.34. The van der Waals surface area contributed by atoms with Gasteiger partial charge in [-0.1, -0.05) is 18.2 Å². The molecule has 0 bridgehead atoms. The zero-order valence-corrected chi connectivity index (χ0v) is 9.75. The van der Waals surface area contributed by atoms with Gasteiger partial charge in [0.05, 0.1) is 5.56 Å². The summed E-state index contributed by atoms with van der Waals surface area (Å²) in [6, 6.07) is 11.0. The number of carbonyl (C=O) groups is 1. The van der Waals surface area contributed by atoms with E-state index in [1.165, 1.54) is 6.07 Å². The first-order chi connectivity index (χ1) is 8.58. The number of hydrogen-bond donors (Lipinski definition) is 2. The third-order valence-electron chi connectivity index (χ3n) is 2.44.